The first kappa shape index (κ1) is 24.2. The summed E-state index contributed by atoms with van der Waals surface area (Å²) in [6.07, 6.45) is -5.44. The first-order valence-electron chi connectivity index (χ1n) is 11.1. The van der Waals surface area contributed by atoms with Gasteiger partial charge in [-0.2, -0.15) is 0 Å². The molecule has 1 saturated heterocycles. The molecule has 0 bridgehead atoms. The van der Waals surface area contributed by atoms with Gasteiger partial charge in [-0.15, -0.1) is 0 Å². The van der Waals surface area contributed by atoms with Gasteiger partial charge in [-0.05, 0) is 55.4 Å². The van der Waals surface area contributed by atoms with Gasteiger partial charge in [0, 0.05) is 12.1 Å². The van der Waals surface area contributed by atoms with E-state index < -0.39 is 36.7 Å². The van der Waals surface area contributed by atoms with Crippen molar-refractivity contribution in [2.45, 2.75) is 43.7 Å². The average Bonchev–Trinajstić information content (AvgIpc) is 2.96. The standard InChI is InChI=1S/C25H29NO8/c1-26(2)11-5-8-17-16-7-4-3-6-14(16)13-32-19-10-9-15(12-18(17)19)33-25-22(29)20(27)21(28)23(34-25)24(30)31/h3-4,6-10,12,20-23,25,27-29H,5,11,13H2,1-2H3,(H,30,31)/b17-8+. The smallest absolute Gasteiger partial charge is 0.335 e. The largest absolute Gasteiger partial charge is 0.488 e. The van der Waals surface area contributed by atoms with Crippen molar-refractivity contribution in [3.05, 3.63) is 65.2 Å². The topological polar surface area (TPSA) is 129 Å². The van der Waals surface area contributed by atoms with Crippen LogP contribution in [0.15, 0.2) is 48.5 Å². The zero-order valence-electron chi connectivity index (χ0n) is 19.0. The molecule has 1 fully saturated rings. The number of aliphatic hydroxyl groups excluding tert-OH is 3. The maximum absolute atomic E-state index is 11.4. The van der Waals surface area contributed by atoms with E-state index >= 15 is 0 Å². The molecule has 2 aromatic carbocycles. The zero-order chi connectivity index (χ0) is 24.4. The lowest BCUT2D eigenvalue weighted by Crippen LogP contribution is -2.61. The molecule has 2 aromatic rings. The summed E-state index contributed by atoms with van der Waals surface area (Å²) in [4.78, 5) is 13.5. The number of aliphatic hydroxyl groups is 3. The highest BCUT2D eigenvalue weighted by molar-refractivity contribution is 5.85. The fourth-order valence-corrected chi connectivity index (χ4v) is 4.10. The number of carboxylic acids is 1. The summed E-state index contributed by atoms with van der Waals surface area (Å²) in [7, 11) is 4.02. The summed E-state index contributed by atoms with van der Waals surface area (Å²) in [5.74, 6) is -0.522. The molecule has 0 amide bonds. The van der Waals surface area contributed by atoms with Gasteiger partial charge in [0.25, 0.3) is 0 Å². The normalized spacial score (nSPS) is 27.5. The molecule has 4 N–H and O–H groups in total. The minimum Gasteiger partial charge on any atom is -0.488 e. The van der Waals surface area contributed by atoms with Crippen LogP contribution in [0.25, 0.3) is 5.57 Å². The van der Waals surface area contributed by atoms with Gasteiger partial charge in [-0.1, -0.05) is 30.3 Å². The highest BCUT2D eigenvalue weighted by Crippen LogP contribution is 2.39. The van der Waals surface area contributed by atoms with E-state index in [9.17, 15) is 25.2 Å². The highest BCUT2D eigenvalue weighted by Gasteiger charge is 2.48. The molecular formula is C25H29NO8. The van der Waals surface area contributed by atoms with Crippen LogP contribution in [-0.2, 0) is 16.1 Å². The molecular weight excluding hydrogens is 442 g/mol. The number of rotatable bonds is 6. The van der Waals surface area contributed by atoms with Gasteiger partial charge >= 0.3 is 5.97 Å². The summed E-state index contributed by atoms with van der Waals surface area (Å²) >= 11 is 0. The van der Waals surface area contributed by atoms with Gasteiger partial charge in [-0.25, -0.2) is 4.79 Å². The van der Waals surface area contributed by atoms with E-state index in [0.717, 1.165) is 35.2 Å². The Morgan fingerprint density at radius 2 is 1.85 bits per heavy atom. The Labute approximate surface area is 197 Å². The van der Waals surface area contributed by atoms with Crippen LogP contribution in [0.4, 0.5) is 0 Å². The molecule has 0 aliphatic carbocycles. The molecule has 2 aliphatic rings. The van der Waals surface area contributed by atoms with Crippen LogP contribution in [0, 0.1) is 0 Å². The van der Waals surface area contributed by atoms with Crippen molar-refractivity contribution in [2.24, 2.45) is 0 Å². The second kappa shape index (κ2) is 10.1. The molecule has 2 aliphatic heterocycles. The van der Waals surface area contributed by atoms with Crippen LogP contribution < -0.4 is 9.47 Å². The summed E-state index contributed by atoms with van der Waals surface area (Å²) in [5.41, 5.74) is 3.83. The number of nitrogens with zero attached hydrogens (tertiary/aromatic N) is 1. The highest BCUT2D eigenvalue weighted by atomic mass is 16.7. The van der Waals surface area contributed by atoms with Crippen LogP contribution in [0.3, 0.4) is 0 Å². The van der Waals surface area contributed by atoms with E-state index in [1.807, 2.05) is 38.4 Å². The molecule has 182 valence electrons. The van der Waals surface area contributed by atoms with Crippen LogP contribution in [0.2, 0.25) is 0 Å². The van der Waals surface area contributed by atoms with Gasteiger partial charge in [0.2, 0.25) is 6.29 Å². The van der Waals surface area contributed by atoms with E-state index in [1.54, 1.807) is 18.2 Å². The van der Waals surface area contributed by atoms with Gasteiger partial charge in [0.1, 0.15) is 36.4 Å². The molecule has 34 heavy (non-hydrogen) atoms. The van der Waals surface area contributed by atoms with Crippen LogP contribution >= 0.6 is 0 Å². The van der Waals surface area contributed by atoms with Crippen molar-refractivity contribution in [1.29, 1.82) is 0 Å². The first-order chi connectivity index (χ1) is 16.3. The van der Waals surface area contributed by atoms with Crippen molar-refractivity contribution in [1.82, 2.24) is 4.90 Å². The molecule has 5 unspecified atom stereocenters. The van der Waals surface area contributed by atoms with E-state index in [0.29, 0.717) is 12.4 Å². The molecule has 9 nitrogen and oxygen atoms in total. The van der Waals surface area contributed by atoms with Gasteiger partial charge in [0.15, 0.2) is 6.10 Å². The Bertz CT molecular complexity index is 1070. The van der Waals surface area contributed by atoms with Crippen LogP contribution in [0.1, 0.15) is 23.1 Å². The molecule has 0 spiro atoms. The zero-order valence-corrected chi connectivity index (χ0v) is 19.0. The summed E-state index contributed by atoms with van der Waals surface area (Å²) in [6, 6.07) is 13.1. The van der Waals surface area contributed by atoms with Gasteiger partial charge in [-0.3, -0.25) is 0 Å². The third-order valence-electron chi connectivity index (χ3n) is 5.92. The molecule has 0 aromatic heterocycles. The predicted molar refractivity (Wildman–Crippen MR) is 122 cm³/mol. The Kier molecular flexibility index (Phi) is 7.20. The maximum atomic E-state index is 11.4. The van der Waals surface area contributed by atoms with Crippen molar-refractivity contribution >= 4 is 11.5 Å². The maximum Gasteiger partial charge on any atom is 0.335 e. The van der Waals surface area contributed by atoms with Crippen molar-refractivity contribution in [2.75, 3.05) is 20.6 Å². The van der Waals surface area contributed by atoms with Gasteiger partial charge in [0.05, 0.1) is 0 Å². The second-order valence-corrected chi connectivity index (χ2v) is 8.67. The third-order valence-corrected chi connectivity index (χ3v) is 5.92. The average molecular weight is 472 g/mol. The lowest BCUT2D eigenvalue weighted by Gasteiger charge is -2.38. The lowest BCUT2D eigenvalue weighted by molar-refractivity contribution is -0.271. The van der Waals surface area contributed by atoms with Gasteiger partial charge < -0.3 is 39.5 Å². The number of hydrogen-bond donors (Lipinski definition) is 4. The number of aliphatic carboxylic acids is 1. The van der Waals surface area contributed by atoms with E-state index in [-0.39, 0.29) is 5.75 Å². The summed E-state index contributed by atoms with van der Waals surface area (Å²) in [5, 5.41) is 39.6. The minimum absolute atomic E-state index is 0.289. The molecule has 5 atom stereocenters. The number of carbonyl (C=O) groups is 1. The Morgan fingerprint density at radius 1 is 1.09 bits per heavy atom. The van der Waals surface area contributed by atoms with E-state index in [1.165, 1.54) is 0 Å². The SMILES string of the molecule is CN(C)CC/C=C1\c2ccccc2COc2ccc(OC3OC(C(=O)O)C(O)C(O)C3O)cc21. The van der Waals surface area contributed by atoms with Crippen LogP contribution in [-0.4, -0.2) is 82.6 Å². The molecule has 2 heterocycles. The fraction of sp³-hybridized carbons (Fsp3) is 0.400. The first-order valence-corrected chi connectivity index (χ1v) is 11.1. The summed E-state index contributed by atoms with van der Waals surface area (Å²) < 4.78 is 17.1. The minimum atomic E-state index is -1.78. The monoisotopic (exact) mass is 471 g/mol. The molecule has 9 heteroatoms. The van der Waals surface area contributed by atoms with E-state index in [2.05, 4.69) is 11.0 Å². The molecule has 0 radical (unpaired) electrons. The second-order valence-electron chi connectivity index (χ2n) is 8.67. The third kappa shape index (κ3) is 4.94. The molecule has 0 saturated carbocycles. The molecule has 4 rings (SSSR count). The van der Waals surface area contributed by atoms with Crippen LogP contribution in [0.5, 0.6) is 11.5 Å². The Hall–Kier alpha value is -2.95. The van der Waals surface area contributed by atoms with Crippen molar-refractivity contribution in [3.8, 4) is 11.5 Å². The number of benzene rings is 2. The number of fused-ring (bicyclic) bond motifs is 2. The number of hydrogen-bond acceptors (Lipinski definition) is 8. The number of ether oxygens (including phenoxy) is 3. The van der Waals surface area contributed by atoms with E-state index in [4.69, 9.17) is 14.2 Å². The van der Waals surface area contributed by atoms with Crippen molar-refractivity contribution < 1.29 is 39.4 Å². The predicted octanol–water partition coefficient (Wildman–Crippen LogP) is 1.23. The number of carboxylic acid groups (broad SMARTS) is 1. The summed E-state index contributed by atoms with van der Waals surface area (Å²) in [6.45, 7) is 1.26. The quantitative estimate of drug-likeness (QED) is 0.492. The van der Waals surface area contributed by atoms with Crippen molar-refractivity contribution in [3.63, 3.8) is 0 Å². The fourth-order valence-electron chi connectivity index (χ4n) is 4.10. The Morgan fingerprint density at radius 3 is 2.59 bits per heavy atom. The Balaban J connectivity index is 1.67. The lowest BCUT2D eigenvalue weighted by atomic mass is 9.93.